The molecule has 3 nitrogen and oxygen atoms in total. The molecule has 0 saturated heterocycles. The molecular formula is C20H27NO2. The van der Waals surface area contributed by atoms with E-state index in [1.807, 2.05) is 12.1 Å². The Labute approximate surface area is 139 Å². The first-order valence-corrected chi connectivity index (χ1v) is 8.39. The first-order valence-electron chi connectivity index (χ1n) is 8.39. The number of hydrogen-bond acceptors (Lipinski definition) is 2. The molecule has 0 aliphatic heterocycles. The van der Waals surface area contributed by atoms with Crippen molar-refractivity contribution in [1.82, 2.24) is 0 Å². The van der Waals surface area contributed by atoms with Crippen molar-refractivity contribution in [2.45, 2.75) is 40.5 Å². The summed E-state index contributed by atoms with van der Waals surface area (Å²) < 4.78 is 0. The van der Waals surface area contributed by atoms with Crippen molar-refractivity contribution in [2.24, 2.45) is 29.4 Å². The van der Waals surface area contributed by atoms with E-state index < -0.39 is 5.91 Å². The van der Waals surface area contributed by atoms with Crippen molar-refractivity contribution in [3.8, 4) is 0 Å². The first-order chi connectivity index (χ1) is 10.7. The number of rotatable bonds is 4. The third-order valence-corrected chi connectivity index (χ3v) is 5.00. The van der Waals surface area contributed by atoms with Gasteiger partial charge in [0, 0.05) is 17.4 Å². The minimum atomic E-state index is -0.415. The van der Waals surface area contributed by atoms with Crippen molar-refractivity contribution in [3.63, 3.8) is 0 Å². The van der Waals surface area contributed by atoms with E-state index in [9.17, 15) is 9.59 Å². The lowest BCUT2D eigenvalue weighted by Gasteiger charge is -2.37. The molecule has 0 aromatic heterocycles. The molecule has 0 bridgehead atoms. The Balaban J connectivity index is 2.46. The van der Waals surface area contributed by atoms with Crippen LogP contribution in [0.1, 0.15) is 56.5 Å². The molecular weight excluding hydrogens is 286 g/mol. The number of hydrogen-bond donors (Lipinski definition) is 1. The second-order valence-electron chi connectivity index (χ2n) is 7.28. The monoisotopic (exact) mass is 313 g/mol. The number of primary amides is 1. The number of carbonyl (C=O) groups is 2. The van der Waals surface area contributed by atoms with E-state index in [-0.39, 0.29) is 23.7 Å². The molecule has 1 aliphatic carbocycles. The van der Waals surface area contributed by atoms with Crippen molar-refractivity contribution < 1.29 is 9.59 Å². The van der Waals surface area contributed by atoms with Crippen LogP contribution in [0.15, 0.2) is 35.9 Å². The lowest BCUT2D eigenvalue weighted by molar-refractivity contribution is -0.123. The van der Waals surface area contributed by atoms with Crippen LogP contribution in [0.2, 0.25) is 0 Å². The van der Waals surface area contributed by atoms with Gasteiger partial charge in [-0.1, -0.05) is 52.8 Å². The van der Waals surface area contributed by atoms with Crippen LogP contribution in [0, 0.1) is 23.7 Å². The lowest BCUT2D eigenvalue weighted by atomic mass is 9.65. The summed E-state index contributed by atoms with van der Waals surface area (Å²) in [6.45, 7) is 10.5. The topological polar surface area (TPSA) is 60.2 Å². The van der Waals surface area contributed by atoms with Crippen LogP contribution in [0.5, 0.6) is 0 Å². The standard InChI is InChI=1S/C20H27NO2/c1-11(2)16-10-17(13(5)18(12(3)4)19(16)22)14-6-8-15(9-7-14)20(21)23/h6-13,17-18H,1-5H3,(H2,21,23). The molecule has 1 aromatic rings. The number of allylic oxidation sites excluding steroid dienone is 2. The van der Waals surface area contributed by atoms with Crippen molar-refractivity contribution in [2.75, 3.05) is 0 Å². The summed E-state index contributed by atoms with van der Waals surface area (Å²) in [4.78, 5) is 24.1. The van der Waals surface area contributed by atoms with Gasteiger partial charge in [-0.2, -0.15) is 0 Å². The van der Waals surface area contributed by atoms with Crippen LogP contribution in [0.25, 0.3) is 0 Å². The zero-order valence-corrected chi connectivity index (χ0v) is 14.7. The molecule has 3 atom stereocenters. The van der Waals surface area contributed by atoms with Gasteiger partial charge in [0.15, 0.2) is 5.78 Å². The van der Waals surface area contributed by atoms with Gasteiger partial charge in [-0.05, 0) is 41.0 Å². The minimum absolute atomic E-state index is 0.0400. The third kappa shape index (κ3) is 3.39. The van der Waals surface area contributed by atoms with E-state index in [0.717, 1.165) is 11.1 Å². The average molecular weight is 313 g/mol. The first kappa shape index (κ1) is 17.5. The molecule has 0 heterocycles. The van der Waals surface area contributed by atoms with Gasteiger partial charge in [0.05, 0.1) is 0 Å². The molecule has 2 N–H and O–H groups in total. The summed E-state index contributed by atoms with van der Waals surface area (Å²) in [6.07, 6.45) is 2.13. The van der Waals surface area contributed by atoms with Gasteiger partial charge in [-0.3, -0.25) is 9.59 Å². The van der Waals surface area contributed by atoms with Crippen molar-refractivity contribution >= 4 is 11.7 Å². The van der Waals surface area contributed by atoms with Crippen LogP contribution >= 0.6 is 0 Å². The van der Waals surface area contributed by atoms with Crippen LogP contribution in [-0.2, 0) is 4.79 Å². The highest BCUT2D eigenvalue weighted by atomic mass is 16.1. The molecule has 0 spiro atoms. The molecule has 124 valence electrons. The Morgan fingerprint density at radius 2 is 1.65 bits per heavy atom. The molecule has 0 saturated carbocycles. The maximum atomic E-state index is 12.8. The molecule has 3 unspecified atom stereocenters. The van der Waals surface area contributed by atoms with E-state index in [1.54, 1.807) is 12.1 Å². The highest BCUT2D eigenvalue weighted by Crippen LogP contribution is 2.42. The fourth-order valence-electron chi connectivity index (χ4n) is 3.74. The quantitative estimate of drug-likeness (QED) is 0.915. The number of nitrogens with two attached hydrogens (primary N) is 1. The maximum Gasteiger partial charge on any atom is 0.248 e. The average Bonchev–Trinajstić information content (AvgIpc) is 2.46. The van der Waals surface area contributed by atoms with Crippen molar-refractivity contribution in [3.05, 3.63) is 47.0 Å². The smallest absolute Gasteiger partial charge is 0.248 e. The number of amides is 1. The van der Waals surface area contributed by atoms with Gasteiger partial charge >= 0.3 is 0 Å². The normalized spacial score (nSPS) is 24.9. The van der Waals surface area contributed by atoms with Crippen LogP contribution < -0.4 is 5.73 Å². The second kappa shape index (κ2) is 6.69. The predicted octanol–water partition coefficient (Wildman–Crippen LogP) is 3.94. The van der Waals surface area contributed by atoms with E-state index in [0.29, 0.717) is 17.3 Å². The van der Waals surface area contributed by atoms with Crippen LogP contribution in [0.4, 0.5) is 0 Å². The molecule has 23 heavy (non-hydrogen) atoms. The summed E-state index contributed by atoms with van der Waals surface area (Å²) in [5, 5.41) is 0. The molecule has 1 amide bonds. The SMILES string of the molecule is CC(C)C1=CC(c2ccc(C(N)=O)cc2)C(C)C(C(C)C)C1=O. The molecule has 1 aromatic carbocycles. The van der Waals surface area contributed by atoms with Crippen molar-refractivity contribution in [1.29, 1.82) is 0 Å². The van der Waals surface area contributed by atoms with Gasteiger partial charge in [0.1, 0.15) is 0 Å². The van der Waals surface area contributed by atoms with Crippen LogP contribution in [0.3, 0.4) is 0 Å². The third-order valence-electron chi connectivity index (χ3n) is 5.00. The fourth-order valence-corrected chi connectivity index (χ4v) is 3.74. The number of Topliss-reactive ketones (excluding diaryl/α,β-unsaturated/α-hetero) is 1. The highest BCUT2D eigenvalue weighted by molar-refractivity contribution is 5.99. The highest BCUT2D eigenvalue weighted by Gasteiger charge is 2.39. The largest absolute Gasteiger partial charge is 0.366 e. The summed E-state index contributed by atoms with van der Waals surface area (Å²) in [5.41, 5.74) is 7.91. The van der Waals surface area contributed by atoms with Gasteiger partial charge in [0.25, 0.3) is 0 Å². The van der Waals surface area contributed by atoms with E-state index >= 15 is 0 Å². The number of ketones is 1. The van der Waals surface area contributed by atoms with Gasteiger partial charge < -0.3 is 5.73 Å². The summed E-state index contributed by atoms with van der Waals surface area (Å²) in [6, 6.07) is 7.47. The van der Waals surface area contributed by atoms with Crippen LogP contribution in [-0.4, -0.2) is 11.7 Å². The van der Waals surface area contributed by atoms with E-state index in [4.69, 9.17) is 5.73 Å². The van der Waals surface area contributed by atoms with Gasteiger partial charge in [-0.15, -0.1) is 0 Å². The molecule has 3 heteroatoms. The molecule has 2 rings (SSSR count). The zero-order chi connectivity index (χ0) is 17.3. The Bertz CT molecular complexity index is 626. The van der Waals surface area contributed by atoms with Gasteiger partial charge in [-0.25, -0.2) is 0 Å². The molecule has 0 radical (unpaired) electrons. The Morgan fingerprint density at radius 1 is 1.09 bits per heavy atom. The molecule has 0 fully saturated rings. The van der Waals surface area contributed by atoms with E-state index in [2.05, 4.69) is 40.7 Å². The Morgan fingerprint density at radius 3 is 2.09 bits per heavy atom. The predicted molar refractivity (Wildman–Crippen MR) is 93.1 cm³/mol. The minimum Gasteiger partial charge on any atom is -0.366 e. The fraction of sp³-hybridized carbons (Fsp3) is 0.500. The zero-order valence-electron chi connectivity index (χ0n) is 14.7. The summed E-state index contributed by atoms with van der Waals surface area (Å²) in [5.74, 6) is 0.896. The van der Waals surface area contributed by atoms with Gasteiger partial charge in [0.2, 0.25) is 5.91 Å². The Kier molecular flexibility index (Phi) is 5.08. The maximum absolute atomic E-state index is 12.8. The lowest BCUT2D eigenvalue weighted by Crippen LogP contribution is -2.36. The summed E-state index contributed by atoms with van der Waals surface area (Å²) in [7, 11) is 0. The number of carbonyl (C=O) groups excluding carboxylic acids is 2. The Hall–Kier alpha value is -1.90. The van der Waals surface area contributed by atoms with E-state index in [1.165, 1.54) is 0 Å². The summed E-state index contributed by atoms with van der Waals surface area (Å²) >= 11 is 0. The second-order valence-corrected chi connectivity index (χ2v) is 7.28. The number of benzene rings is 1. The molecule has 1 aliphatic rings.